The Balaban J connectivity index is 2.51. The minimum Gasteiger partial charge on any atom is -0.293 e. The largest absolute Gasteiger partial charge is 0.295 e. The summed E-state index contributed by atoms with van der Waals surface area (Å²) < 4.78 is 33.9. The average molecular weight is 320 g/mol. The van der Waals surface area contributed by atoms with Gasteiger partial charge in [0.2, 0.25) is 0 Å². The third kappa shape index (κ3) is 2.00. The van der Waals surface area contributed by atoms with Crippen molar-refractivity contribution in [2.45, 2.75) is 37.1 Å². The molecule has 2 unspecified atom stereocenters. The molecule has 0 saturated heterocycles. The van der Waals surface area contributed by atoms with Crippen LogP contribution in [0.1, 0.15) is 31.7 Å². The highest BCUT2D eigenvalue weighted by Gasteiger charge is 2.46. The Morgan fingerprint density at radius 1 is 1.18 bits per heavy atom. The van der Waals surface area contributed by atoms with Crippen LogP contribution in [0.4, 0.5) is 5.69 Å². The van der Waals surface area contributed by atoms with Crippen molar-refractivity contribution in [3.8, 4) is 0 Å². The van der Waals surface area contributed by atoms with E-state index >= 15 is 0 Å². The normalized spacial score (nSPS) is 23.7. The van der Waals surface area contributed by atoms with Crippen LogP contribution in [-0.4, -0.2) is 33.1 Å². The highest BCUT2D eigenvalue weighted by molar-refractivity contribution is 7.86. The standard InChI is InChI=1S/C17H21NO3S/c1-5-12-11(2)18(3,4)15-10-16(22(19,20)21)13-8-6-7-9-14(13)17(12)15/h6-12H,5H2,1-4H3/p+1. The van der Waals surface area contributed by atoms with E-state index < -0.39 is 10.1 Å². The molecule has 2 aromatic rings. The zero-order valence-corrected chi connectivity index (χ0v) is 14.2. The van der Waals surface area contributed by atoms with Crippen molar-refractivity contribution in [1.29, 1.82) is 0 Å². The van der Waals surface area contributed by atoms with Crippen LogP contribution in [0.25, 0.3) is 10.8 Å². The van der Waals surface area contributed by atoms with Gasteiger partial charge in [0, 0.05) is 22.9 Å². The van der Waals surface area contributed by atoms with E-state index in [2.05, 4.69) is 27.9 Å². The molecule has 0 aliphatic carbocycles. The molecular weight excluding hydrogens is 298 g/mol. The summed E-state index contributed by atoms with van der Waals surface area (Å²) in [4.78, 5) is 0.0111. The molecule has 2 atom stereocenters. The summed E-state index contributed by atoms with van der Waals surface area (Å²) in [6, 6.07) is 9.49. The summed E-state index contributed by atoms with van der Waals surface area (Å²) >= 11 is 0. The number of benzene rings is 2. The quantitative estimate of drug-likeness (QED) is 0.680. The summed E-state index contributed by atoms with van der Waals surface area (Å²) in [5.41, 5.74) is 2.22. The minimum absolute atomic E-state index is 0.0111. The van der Waals surface area contributed by atoms with E-state index in [0.717, 1.165) is 17.5 Å². The molecule has 0 fully saturated rings. The maximum atomic E-state index is 11.8. The lowest BCUT2D eigenvalue weighted by atomic mass is 9.89. The highest BCUT2D eigenvalue weighted by atomic mass is 32.2. The first-order valence-electron chi connectivity index (χ1n) is 7.57. The Morgan fingerprint density at radius 3 is 2.32 bits per heavy atom. The number of quaternary nitrogens is 1. The second-order valence-electron chi connectivity index (χ2n) is 6.62. The van der Waals surface area contributed by atoms with Crippen LogP contribution in [0.15, 0.2) is 35.2 Å². The van der Waals surface area contributed by atoms with Gasteiger partial charge in [-0.25, -0.2) is 0 Å². The number of rotatable bonds is 2. The Kier molecular flexibility index (Phi) is 3.36. The van der Waals surface area contributed by atoms with Crippen LogP contribution in [0.2, 0.25) is 0 Å². The first-order chi connectivity index (χ1) is 10.2. The van der Waals surface area contributed by atoms with Gasteiger partial charge in [-0.15, -0.1) is 0 Å². The molecule has 3 rings (SSSR count). The number of hydrogen-bond acceptors (Lipinski definition) is 2. The second-order valence-corrected chi connectivity index (χ2v) is 8.01. The van der Waals surface area contributed by atoms with Crippen molar-refractivity contribution in [2.75, 3.05) is 14.1 Å². The van der Waals surface area contributed by atoms with E-state index in [1.165, 1.54) is 5.56 Å². The lowest BCUT2D eigenvalue weighted by molar-refractivity contribution is 0.301. The summed E-state index contributed by atoms with van der Waals surface area (Å²) in [7, 11) is -0.0550. The summed E-state index contributed by atoms with van der Waals surface area (Å²) in [5, 5.41) is 1.55. The predicted molar refractivity (Wildman–Crippen MR) is 89.9 cm³/mol. The van der Waals surface area contributed by atoms with Crippen LogP contribution in [-0.2, 0) is 10.1 Å². The molecule has 0 spiro atoms. The predicted octanol–water partition coefficient (Wildman–Crippen LogP) is 3.55. The molecule has 0 saturated carbocycles. The third-order valence-corrected chi connectivity index (χ3v) is 6.23. The lowest BCUT2D eigenvalue weighted by Crippen LogP contribution is -2.46. The number of nitrogens with zero attached hydrogens (tertiary/aromatic N) is 1. The Morgan fingerprint density at radius 2 is 1.77 bits per heavy atom. The molecule has 1 N–H and O–H groups in total. The molecule has 0 aromatic heterocycles. The van der Waals surface area contributed by atoms with Gasteiger partial charge in [0.25, 0.3) is 10.1 Å². The van der Waals surface area contributed by atoms with E-state index in [4.69, 9.17) is 0 Å². The van der Waals surface area contributed by atoms with Gasteiger partial charge >= 0.3 is 0 Å². The molecule has 0 radical (unpaired) electrons. The van der Waals surface area contributed by atoms with Crippen molar-refractivity contribution < 1.29 is 13.0 Å². The average Bonchev–Trinajstić information content (AvgIpc) is 2.65. The van der Waals surface area contributed by atoms with Gasteiger partial charge in [0.1, 0.15) is 10.6 Å². The summed E-state index contributed by atoms with van der Waals surface area (Å²) in [6.07, 6.45) is 1.01. The number of likely N-dealkylation sites (N-methyl/N-ethyl adjacent to an activating group) is 1. The van der Waals surface area contributed by atoms with Crippen LogP contribution in [0.5, 0.6) is 0 Å². The molecule has 1 aliphatic rings. The fraction of sp³-hybridized carbons (Fsp3) is 0.412. The van der Waals surface area contributed by atoms with Crippen molar-refractivity contribution in [3.05, 3.63) is 35.9 Å². The first-order valence-corrected chi connectivity index (χ1v) is 9.01. The van der Waals surface area contributed by atoms with Gasteiger partial charge < -0.3 is 0 Å². The van der Waals surface area contributed by atoms with Gasteiger partial charge in [0.15, 0.2) is 0 Å². The molecule has 2 aromatic carbocycles. The van der Waals surface area contributed by atoms with Crippen molar-refractivity contribution in [1.82, 2.24) is 4.48 Å². The molecule has 0 amide bonds. The van der Waals surface area contributed by atoms with Crippen LogP contribution >= 0.6 is 0 Å². The maximum absolute atomic E-state index is 11.8. The van der Waals surface area contributed by atoms with Gasteiger partial charge in [-0.05, 0) is 18.7 Å². The maximum Gasteiger partial charge on any atom is 0.295 e. The fourth-order valence-corrected chi connectivity index (χ4v) is 4.60. The summed E-state index contributed by atoms with van der Waals surface area (Å²) in [6.45, 7) is 4.37. The first kappa shape index (κ1) is 15.5. The molecule has 118 valence electrons. The van der Waals surface area contributed by atoms with Crippen LogP contribution < -0.4 is 4.48 Å². The molecule has 1 aliphatic heterocycles. The summed E-state index contributed by atoms with van der Waals surface area (Å²) in [5.74, 6) is 0.380. The van der Waals surface area contributed by atoms with Gasteiger partial charge in [-0.3, -0.25) is 9.04 Å². The fourth-order valence-electron chi connectivity index (χ4n) is 3.89. The Bertz CT molecular complexity index is 856. The molecule has 4 nitrogen and oxygen atoms in total. The third-order valence-electron chi connectivity index (χ3n) is 5.34. The zero-order valence-electron chi connectivity index (χ0n) is 13.4. The Labute approximate surface area is 131 Å². The second kappa shape index (κ2) is 4.78. The van der Waals surface area contributed by atoms with E-state index in [1.807, 2.05) is 18.2 Å². The van der Waals surface area contributed by atoms with E-state index in [-0.39, 0.29) is 4.90 Å². The van der Waals surface area contributed by atoms with E-state index in [1.54, 1.807) is 12.1 Å². The van der Waals surface area contributed by atoms with E-state index in [0.29, 0.717) is 21.8 Å². The monoisotopic (exact) mass is 320 g/mol. The van der Waals surface area contributed by atoms with Crippen molar-refractivity contribution in [2.24, 2.45) is 0 Å². The van der Waals surface area contributed by atoms with Gasteiger partial charge in [-0.1, -0.05) is 31.2 Å². The number of hydrogen-bond donors (Lipinski definition) is 1. The highest BCUT2D eigenvalue weighted by Crippen LogP contribution is 2.50. The molecule has 5 heteroatoms. The van der Waals surface area contributed by atoms with Crippen molar-refractivity contribution in [3.63, 3.8) is 0 Å². The lowest BCUT2D eigenvalue weighted by Gasteiger charge is -2.31. The van der Waals surface area contributed by atoms with Crippen LogP contribution in [0, 0.1) is 0 Å². The van der Waals surface area contributed by atoms with Gasteiger partial charge in [-0.2, -0.15) is 8.42 Å². The Hall–Kier alpha value is -1.43. The smallest absolute Gasteiger partial charge is 0.293 e. The molecule has 1 heterocycles. The SMILES string of the molecule is CCC1c2c(cc(S(=O)(=O)O)c3ccccc23)[N+](C)(C)C1C. The molecule has 22 heavy (non-hydrogen) atoms. The number of fused-ring (bicyclic) bond motifs is 3. The molecular formula is C17H22NO3S+. The van der Waals surface area contributed by atoms with Crippen molar-refractivity contribution >= 4 is 26.6 Å². The van der Waals surface area contributed by atoms with Crippen LogP contribution in [0.3, 0.4) is 0 Å². The van der Waals surface area contributed by atoms with Gasteiger partial charge in [0.05, 0.1) is 20.1 Å². The minimum atomic E-state index is -4.25. The topological polar surface area (TPSA) is 54.4 Å². The van der Waals surface area contributed by atoms with E-state index in [9.17, 15) is 13.0 Å². The zero-order chi connectivity index (χ0) is 16.3. The molecule has 0 bridgehead atoms.